The smallest absolute Gasteiger partial charge is 0.251 e. The van der Waals surface area contributed by atoms with Gasteiger partial charge >= 0.3 is 0 Å². The zero-order valence-electron chi connectivity index (χ0n) is 18.1. The molecule has 1 atom stereocenters. The molecule has 0 radical (unpaired) electrons. The van der Waals surface area contributed by atoms with Gasteiger partial charge in [0.15, 0.2) is 5.11 Å². The van der Waals surface area contributed by atoms with Crippen LogP contribution in [0.5, 0.6) is 0 Å². The topological polar surface area (TPSA) is 97.4 Å². The van der Waals surface area contributed by atoms with Gasteiger partial charge in [0.1, 0.15) is 16.5 Å². The number of thiophene rings is 1. The van der Waals surface area contributed by atoms with Gasteiger partial charge in [0.2, 0.25) is 5.91 Å². The second-order valence-corrected chi connectivity index (χ2v) is 10.4. The van der Waals surface area contributed by atoms with Crippen molar-refractivity contribution in [2.75, 3.05) is 5.32 Å². The Kier molecular flexibility index (Phi) is 7.42. The Bertz CT molecular complexity index is 1310. The second-order valence-electron chi connectivity index (χ2n) is 8.02. The van der Waals surface area contributed by atoms with Crippen LogP contribution in [0.15, 0.2) is 40.8 Å². The van der Waals surface area contributed by atoms with Crippen LogP contribution in [0.3, 0.4) is 0 Å². The number of anilines is 1. The summed E-state index contributed by atoms with van der Waals surface area (Å²) in [6.07, 6.45) is 5.53. The Labute approximate surface area is 216 Å². The van der Waals surface area contributed by atoms with Crippen molar-refractivity contribution < 1.29 is 14.0 Å². The number of fused-ring (bicyclic) bond motifs is 1. The number of carbonyl (C=O) groups is 2. The summed E-state index contributed by atoms with van der Waals surface area (Å²) in [5.74, 6) is 0.614. The molecule has 176 valence electrons. The molecule has 0 aliphatic heterocycles. The van der Waals surface area contributed by atoms with E-state index in [-0.39, 0.29) is 5.11 Å². The van der Waals surface area contributed by atoms with Crippen LogP contribution in [-0.4, -0.2) is 16.9 Å². The molecule has 1 aliphatic carbocycles. The molecule has 0 saturated carbocycles. The molecule has 4 rings (SSSR count). The number of benzene rings is 1. The van der Waals surface area contributed by atoms with Gasteiger partial charge < -0.3 is 15.5 Å². The van der Waals surface area contributed by atoms with E-state index in [0.717, 1.165) is 29.7 Å². The van der Waals surface area contributed by atoms with E-state index < -0.39 is 11.8 Å². The quantitative estimate of drug-likeness (QED) is 0.273. The first-order valence-corrected chi connectivity index (χ1v) is 12.5. The summed E-state index contributed by atoms with van der Waals surface area (Å²) in [4.78, 5) is 25.6. The van der Waals surface area contributed by atoms with Crippen LogP contribution >= 0.6 is 46.8 Å². The lowest BCUT2D eigenvalue weighted by Gasteiger charge is -2.18. The third-order valence-corrected chi connectivity index (χ3v) is 7.37. The lowest BCUT2D eigenvalue weighted by Crippen LogP contribution is -2.33. The van der Waals surface area contributed by atoms with Crippen LogP contribution in [-0.2, 0) is 17.6 Å². The van der Waals surface area contributed by atoms with Gasteiger partial charge in [-0.3, -0.25) is 14.9 Å². The molecule has 0 fully saturated rings. The molecule has 2 amide bonds. The number of thiocarbonyl (C=S) groups is 1. The third-order valence-electron chi connectivity index (χ3n) is 5.44. The second kappa shape index (κ2) is 10.3. The van der Waals surface area contributed by atoms with Crippen molar-refractivity contribution in [3.8, 4) is 11.3 Å². The molecular formula is C24H21Cl2N3O3S2. The minimum atomic E-state index is -0.502. The van der Waals surface area contributed by atoms with Gasteiger partial charge in [0.05, 0.1) is 10.6 Å². The Morgan fingerprint density at radius 1 is 1.26 bits per heavy atom. The van der Waals surface area contributed by atoms with Gasteiger partial charge in [-0.05, 0) is 79.4 Å². The lowest BCUT2D eigenvalue weighted by molar-refractivity contribution is -0.115. The van der Waals surface area contributed by atoms with Crippen LogP contribution in [0.2, 0.25) is 10.0 Å². The largest absolute Gasteiger partial charge is 0.457 e. The molecule has 6 nitrogen and oxygen atoms in total. The predicted octanol–water partition coefficient (Wildman–Crippen LogP) is 6.07. The molecule has 1 aromatic carbocycles. The number of nitrogens with one attached hydrogen (secondary N) is 2. The van der Waals surface area contributed by atoms with Crippen LogP contribution < -0.4 is 16.4 Å². The third kappa shape index (κ3) is 5.52. The van der Waals surface area contributed by atoms with Crippen LogP contribution in [0.1, 0.15) is 39.9 Å². The molecule has 1 aliphatic rings. The zero-order valence-corrected chi connectivity index (χ0v) is 21.3. The number of carbonyl (C=O) groups excluding carboxylic acids is 2. The standard InChI is InChI=1S/C24H21Cl2N3O3S2/c1-12-2-6-16-19(10-12)34-23(21(16)22(27)31)29-24(33)28-20(30)9-5-14-4-8-18(32-14)15-7-3-13(25)11-17(15)26/h3-5,7-9,11-12H,2,6,10H2,1H3,(H2,27,31)(H2,28,29,30,33)/b9-5+/t12-/m0/s1. The highest BCUT2D eigenvalue weighted by Gasteiger charge is 2.26. The lowest BCUT2D eigenvalue weighted by atomic mass is 9.88. The number of halogens is 2. The first-order valence-electron chi connectivity index (χ1n) is 10.5. The minimum absolute atomic E-state index is 0.0804. The summed E-state index contributed by atoms with van der Waals surface area (Å²) in [7, 11) is 0. The van der Waals surface area contributed by atoms with Crippen molar-refractivity contribution >= 4 is 74.8 Å². The molecule has 3 aromatic rings. The molecule has 0 unspecified atom stereocenters. The van der Waals surface area contributed by atoms with Gasteiger partial charge in [0.25, 0.3) is 5.91 Å². The van der Waals surface area contributed by atoms with Crippen molar-refractivity contribution in [2.24, 2.45) is 11.7 Å². The molecular weight excluding hydrogens is 513 g/mol. The molecule has 0 saturated heterocycles. The summed E-state index contributed by atoms with van der Waals surface area (Å²) < 4.78 is 5.75. The van der Waals surface area contributed by atoms with Crippen LogP contribution in [0.25, 0.3) is 17.4 Å². The average molecular weight is 534 g/mol. The van der Waals surface area contributed by atoms with Gasteiger partial charge in [0, 0.05) is 21.5 Å². The minimum Gasteiger partial charge on any atom is -0.457 e. The molecule has 0 spiro atoms. The molecule has 2 aromatic heterocycles. The monoisotopic (exact) mass is 533 g/mol. The Hall–Kier alpha value is -2.65. The molecule has 34 heavy (non-hydrogen) atoms. The van der Waals surface area contributed by atoms with E-state index in [1.54, 1.807) is 30.3 Å². The first kappa shape index (κ1) is 24.5. The maximum absolute atomic E-state index is 12.4. The first-order chi connectivity index (χ1) is 16.2. The van der Waals surface area contributed by atoms with Gasteiger partial charge in [-0.15, -0.1) is 11.3 Å². The van der Waals surface area contributed by atoms with Crippen LogP contribution in [0.4, 0.5) is 5.00 Å². The zero-order chi connectivity index (χ0) is 24.4. The highest BCUT2D eigenvalue weighted by molar-refractivity contribution is 7.80. The summed E-state index contributed by atoms with van der Waals surface area (Å²) in [5, 5.41) is 7.18. The number of rotatable bonds is 5. The van der Waals surface area contributed by atoms with Gasteiger partial charge in [-0.25, -0.2) is 0 Å². The van der Waals surface area contributed by atoms with Crippen molar-refractivity contribution in [1.82, 2.24) is 5.32 Å². The number of primary amides is 1. The fraction of sp³-hybridized carbons (Fsp3) is 0.208. The fourth-order valence-corrected chi connectivity index (χ4v) is 6.01. The average Bonchev–Trinajstić information content (AvgIpc) is 3.36. The molecule has 0 bridgehead atoms. The van der Waals surface area contributed by atoms with E-state index in [1.807, 2.05) is 0 Å². The fourth-order valence-electron chi connectivity index (χ4n) is 3.82. The summed E-state index contributed by atoms with van der Waals surface area (Å²) in [5.41, 5.74) is 7.77. The summed E-state index contributed by atoms with van der Waals surface area (Å²) in [6.45, 7) is 2.18. The van der Waals surface area contributed by atoms with Crippen molar-refractivity contribution in [2.45, 2.75) is 26.2 Å². The van der Waals surface area contributed by atoms with Crippen molar-refractivity contribution in [1.29, 1.82) is 0 Å². The summed E-state index contributed by atoms with van der Waals surface area (Å²) >= 11 is 18.9. The van der Waals surface area contributed by atoms with Gasteiger partial charge in [-0.2, -0.15) is 0 Å². The maximum Gasteiger partial charge on any atom is 0.251 e. The number of hydrogen-bond donors (Lipinski definition) is 3. The Morgan fingerprint density at radius 2 is 2.06 bits per heavy atom. The highest BCUT2D eigenvalue weighted by atomic mass is 35.5. The van der Waals surface area contributed by atoms with E-state index in [4.69, 9.17) is 45.6 Å². The molecule has 4 N–H and O–H groups in total. The van der Waals surface area contributed by atoms with E-state index in [2.05, 4.69) is 17.6 Å². The maximum atomic E-state index is 12.4. The number of amides is 2. The van der Waals surface area contributed by atoms with Crippen LogP contribution in [0, 0.1) is 5.92 Å². The SMILES string of the molecule is C[C@H]1CCc2c(sc(NC(=S)NC(=O)/C=C/c3ccc(-c4ccc(Cl)cc4Cl)o3)c2C(N)=O)C1. The highest BCUT2D eigenvalue weighted by Crippen LogP contribution is 2.39. The van der Waals surface area contributed by atoms with E-state index in [9.17, 15) is 9.59 Å². The van der Waals surface area contributed by atoms with Crippen molar-refractivity contribution in [3.63, 3.8) is 0 Å². The number of hydrogen-bond acceptors (Lipinski definition) is 5. The Morgan fingerprint density at radius 3 is 2.79 bits per heavy atom. The normalized spacial score (nSPS) is 15.2. The van der Waals surface area contributed by atoms with E-state index >= 15 is 0 Å². The number of furan rings is 1. The predicted molar refractivity (Wildman–Crippen MR) is 142 cm³/mol. The summed E-state index contributed by atoms with van der Waals surface area (Å²) in [6, 6.07) is 8.58. The molecule has 10 heteroatoms. The molecule has 2 heterocycles. The van der Waals surface area contributed by atoms with Crippen molar-refractivity contribution in [3.05, 3.63) is 68.2 Å². The van der Waals surface area contributed by atoms with Gasteiger partial charge in [-0.1, -0.05) is 30.1 Å². The van der Waals surface area contributed by atoms with E-state index in [0.29, 0.717) is 43.6 Å². The van der Waals surface area contributed by atoms with E-state index in [1.165, 1.54) is 23.5 Å². The Balaban J connectivity index is 1.40. The number of nitrogens with two attached hydrogens (primary N) is 1.